The number of esters is 1. The number of hydrogen-bond donors (Lipinski definition) is 0. The fourth-order valence-corrected chi connectivity index (χ4v) is 8.22. The van der Waals surface area contributed by atoms with Gasteiger partial charge < -0.3 is 14.2 Å². The summed E-state index contributed by atoms with van der Waals surface area (Å²) in [5, 5.41) is 0.841. The van der Waals surface area contributed by atoms with Crippen LogP contribution in [0.2, 0.25) is 0 Å². The maximum absolute atomic E-state index is 13.8. The molecule has 8 heteroatoms. The SMILES string of the molecule is COC(=O)C1(Cc2cn(C(=O)OC(C)(C)C)c3ccccc23)CCCN1C(=O)OC1C2CC3CC(C2)CC1C3. The third kappa shape index (κ3) is 4.59. The molecule has 1 aromatic carbocycles. The number of carbonyl (C=O) groups excluding carboxylic acids is 3. The predicted molar refractivity (Wildman–Crippen MR) is 145 cm³/mol. The van der Waals surface area contributed by atoms with Crippen LogP contribution < -0.4 is 0 Å². The van der Waals surface area contributed by atoms with Gasteiger partial charge in [-0.3, -0.25) is 9.47 Å². The molecule has 1 aromatic heterocycles. The van der Waals surface area contributed by atoms with Crippen LogP contribution in [0, 0.1) is 23.7 Å². The molecular formula is C31H40N2O6. The number of methoxy groups -OCH3 is 1. The van der Waals surface area contributed by atoms with Gasteiger partial charge in [0.05, 0.1) is 12.6 Å². The molecule has 1 atom stereocenters. The third-order valence-corrected chi connectivity index (χ3v) is 9.52. The van der Waals surface area contributed by atoms with Gasteiger partial charge in [-0.2, -0.15) is 0 Å². The Morgan fingerprint density at radius 1 is 0.974 bits per heavy atom. The van der Waals surface area contributed by atoms with Gasteiger partial charge in [0.1, 0.15) is 17.2 Å². The van der Waals surface area contributed by atoms with Crippen molar-refractivity contribution in [2.75, 3.05) is 13.7 Å². The zero-order chi connectivity index (χ0) is 27.5. The quantitative estimate of drug-likeness (QED) is 0.355. The molecule has 2 heterocycles. The number of fused-ring (bicyclic) bond motifs is 1. The third-order valence-electron chi connectivity index (χ3n) is 9.52. The minimum Gasteiger partial charge on any atom is -0.467 e. The molecule has 5 aliphatic rings. The Hall–Kier alpha value is -3.03. The highest BCUT2D eigenvalue weighted by molar-refractivity contribution is 5.93. The Morgan fingerprint density at radius 3 is 2.28 bits per heavy atom. The molecule has 0 N–H and O–H groups in total. The number of para-hydroxylation sites is 1. The highest BCUT2D eigenvalue weighted by atomic mass is 16.6. The number of amides is 1. The van der Waals surface area contributed by atoms with E-state index in [0.717, 1.165) is 48.5 Å². The monoisotopic (exact) mass is 536 g/mol. The number of nitrogens with zero attached hydrogens (tertiary/aromatic N) is 2. The number of carbonyl (C=O) groups is 3. The summed E-state index contributed by atoms with van der Waals surface area (Å²) < 4.78 is 18.7. The fourth-order valence-electron chi connectivity index (χ4n) is 8.22. The molecule has 1 saturated heterocycles. The maximum atomic E-state index is 13.8. The van der Waals surface area contributed by atoms with Gasteiger partial charge in [0.2, 0.25) is 0 Å². The van der Waals surface area contributed by atoms with Crippen LogP contribution in [0.25, 0.3) is 10.9 Å². The van der Waals surface area contributed by atoms with Crippen molar-refractivity contribution in [3.63, 3.8) is 0 Å². The summed E-state index contributed by atoms with van der Waals surface area (Å²) in [4.78, 5) is 42.0. The van der Waals surface area contributed by atoms with E-state index < -0.39 is 29.3 Å². The van der Waals surface area contributed by atoms with E-state index in [2.05, 4.69) is 0 Å². The Labute approximate surface area is 229 Å². The normalized spacial score (nSPS) is 31.5. The van der Waals surface area contributed by atoms with Crippen molar-refractivity contribution >= 4 is 29.1 Å². The van der Waals surface area contributed by atoms with Crippen molar-refractivity contribution in [1.82, 2.24) is 9.47 Å². The van der Waals surface area contributed by atoms with E-state index in [1.54, 1.807) is 11.1 Å². The van der Waals surface area contributed by atoms with E-state index in [1.807, 2.05) is 45.0 Å². The summed E-state index contributed by atoms with van der Waals surface area (Å²) in [5.41, 5.74) is -0.362. The van der Waals surface area contributed by atoms with E-state index >= 15 is 0 Å². The van der Waals surface area contributed by atoms with Gasteiger partial charge in [-0.1, -0.05) is 18.2 Å². The summed E-state index contributed by atoms with van der Waals surface area (Å²) in [5.74, 6) is 1.99. The second-order valence-corrected chi connectivity index (χ2v) is 13.3. The summed E-state index contributed by atoms with van der Waals surface area (Å²) in [6, 6.07) is 7.57. The lowest BCUT2D eigenvalue weighted by molar-refractivity contribution is -0.154. The van der Waals surface area contributed by atoms with Crippen LogP contribution >= 0.6 is 0 Å². The summed E-state index contributed by atoms with van der Waals surface area (Å²) in [7, 11) is 1.37. The second-order valence-electron chi connectivity index (χ2n) is 13.3. The standard InChI is InChI=1S/C31H40N2O6/c1-30(2,3)39-28(35)32-18-23(24-8-5-6-9-25(24)32)17-31(27(34)37-4)10-7-11-33(31)29(36)38-26-21-13-19-12-20(15-21)16-22(26)14-19/h5-6,8-9,18-22,26H,7,10-17H2,1-4H3. The van der Waals surface area contributed by atoms with Crippen LogP contribution in [-0.4, -0.2) is 58.5 Å². The topological polar surface area (TPSA) is 87.1 Å². The lowest BCUT2D eigenvalue weighted by Gasteiger charge is -2.53. The fraction of sp³-hybridized carbons (Fsp3) is 0.645. The molecule has 1 amide bonds. The van der Waals surface area contributed by atoms with Gasteiger partial charge in [0, 0.05) is 24.5 Å². The van der Waals surface area contributed by atoms with Crippen LogP contribution in [0.4, 0.5) is 9.59 Å². The van der Waals surface area contributed by atoms with Crippen LogP contribution in [0.15, 0.2) is 30.5 Å². The number of ether oxygens (including phenoxy) is 3. The molecule has 0 radical (unpaired) electrons. The van der Waals surface area contributed by atoms with Gasteiger partial charge in [0.15, 0.2) is 0 Å². The first-order valence-corrected chi connectivity index (χ1v) is 14.5. The molecule has 5 fully saturated rings. The number of likely N-dealkylation sites (tertiary alicyclic amines) is 1. The molecule has 39 heavy (non-hydrogen) atoms. The van der Waals surface area contributed by atoms with Gasteiger partial charge in [0.25, 0.3) is 0 Å². The number of aromatic nitrogens is 1. The van der Waals surface area contributed by atoms with Crippen LogP contribution in [0.3, 0.4) is 0 Å². The molecule has 4 bridgehead atoms. The van der Waals surface area contributed by atoms with Crippen molar-refractivity contribution in [3.05, 3.63) is 36.0 Å². The average molecular weight is 537 g/mol. The molecule has 4 aliphatic carbocycles. The van der Waals surface area contributed by atoms with Crippen LogP contribution in [0.1, 0.15) is 71.3 Å². The summed E-state index contributed by atoms with van der Waals surface area (Å²) >= 11 is 0. The Balaban J connectivity index is 1.30. The molecule has 1 aliphatic heterocycles. The molecular weight excluding hydrogens is 496 g/mol. The largest absolute Gasteiger partial charge is 0.467 e. The van der Waals surface area contributed by atoms with Gasteiger partial charge >= 0.3 is 18.2 Å². The molecule has 8 nitrogen and oxygen atoms in total. The smallest absolute Gasteiger partial charge is 0.419 e. The van der Waals surface area contributed by atoms with E-state index in [9.17, 15) is 14.4 Å². The Morgan fingerprint density at radius 2 is 1.64 bits per heavy atom. The summed E-state index contributed by atoms with van der Waals surface area (Å²) in [6.45, 7) is 5.92. The average Bonchev–Trinajstić information content (AvgIpc) is 3.47. The molecule has 2 aromatic rings. The van der Waals surface area contributed by atoms with E-state index in [0.29, 0.717) is 36.7 Å². The first kappa shape index (κ1) is 26.2. The molecule has 7 rings (SSSR count). The van der Waals surface area contributed by atoms with Crippen molar-refractivity contribution in [1.29, 1.82) is 0 Å². The van der Waals surface area contributed by atoms with Gasteiger partial charge in [-0.15, -0.1) is 0 Å². The number of rotatable bonds is 4. The minimum absolute atomic E-state index is 0.0599. The summed E-state index contributed by atoms with van der Waals surface area (Å²) in [6.07, 6.45) is 8.10. The van der Waals surface area contributed by atoms with Crippen LogP contribution in [-0.2, 0) is 25.4 Å². The molecule has 1 unspecified atom stereocenters. The van der Waals surface area contributed by atoms with Crippen molar-refractivity contribution in [2.45, 2.75) is 89.4 Å². The Kier molecular flexibility index (Phi) is 6.42. The van der Waals surface area contributed by atoms with E-state index in [-0.39, 0.29) is 12.5 Å². The number of benzene rings is 1. The molecule has 4 saturated carbocycles. The highest BCUT2D eigenvalue weighted by Gasteiger charge is 2.54. The van der Waals surface area contributed by atoms with E-state index in [4.69, 9.17) is 14.2 Å². The van der Waals surface area contributed by atoms with Crippen molar-refractivity contribution in [3.8, 4) is 0 Å². The first-order chi connectivity index (χ1) is 18.6. The Bertz CT molecular complexity index is 1260. The zero-order valence-electron chi connectivity index (χ0n) is 23.5. The second kappa shape index (κ2) is 9.56. The van der Waals surface area contributed by atoms with Crippen molar-refractivity contribution in [2.24, 2.45) is 23.7 Å². The highest BCUT2D eigenvalue weighted by Crippen LogP contribution is 2.55. The first-order valence-electron chi connectivity index (χ1n) is 14.5. The van der Waals surface area contributed by atoms with E-state index in [1.165, 1.54) is 18.1 Å². The lowest BCUT2D eigenvalue weighted by Crippen LogP contribution is -2.57. The number of hydrogen-bond acceptors (Lipinski definition) is 6. The van der Waals surface area contributed by atoms with Gasteiger partial charge in [-0.05, 0) is 101 Å². The zero-order valence-corrected chi connectivity index (χ0v) is 23.5. The lowest BCUT2D eigenvalue weighted by atomic mass is 9.55. The van der Waals surface area contributed by atoms with Crippen molar-refractivity contribution < 1.29 is 28.6 Å². The van der Waals surface area contributed by atoms with Crippen LogP contribution in [0.5, 0.6) is 0 Å². The molecule has 210 valence electrons. The maximum Gasteiger partial charge on any atom is 0.419 e. The minimum atomic E-state index is -1.19. The van der Waals surface area contributed by atoms with Gasteiger partial charge in [-0.25, -0.2) is 14.4 Å². The predicted octanol–water partition coefficient (Wildman–Crippen LogP) is 5.94. The molecule has 0 spiro atoms.